The minimum atomic E-state index is 0.114. The van der Waals surface area contributed by atoms with Crippen molar-refractivity contribution in [3.05, 3.63) is 12.2 Å². The Morgan fingerprint density at radius 3 is 2.36 bits per heavy atom. The van der Waals surface area contributed by atoms with Gasteiger partial charge in [-0.1, -0.05) is 5.57 Å². The Balaban J connectivity index is 3.45. The largest absolute Gasteiger partial charge is 0.354 e. The van der Waals surface area contributed by atoms with Crippen LogP contribution < -0.4 is 5.32 Å². The van der Waals surface area contributed by atoms with Crippen molar-refractivity contribution in [2.45, 2.75) is 39.7 Å². The molecule has 1 N–H and O–H groups in total. The summed E-state index contributed by atoms with van der Waals surface area (Å²) < 4.78 is 0. The van der Waals surface area contributed by atoms with E-state index in [-0.39, 0.29) is 11.9 Å². The summed E-state index contributed by atoms with van der Waals surface area (Å²) in [6, 6.07) is 0.243. The van der Waals surface area contributed by atoms with Gasteiger partial charge < -0.3 is 5.32 Å². The van der Waals surface area contributed by atoms with Crippen molar-refractivity contribution < 1.29 is 4.79 Å². The lowest BCUT2D eigenvalue weighted by molar-refractivity contribution is -0.121. The molecule has 0 saturated carbocycles. The van der Waals surface area contributed by atoms with Crippen molar-refractivity contribution in [1.82, 2.24) is 5.32 Å². The molecule has 2 nitrogen and oxygen atoms in total. The minimum Gasteiger partial charge on any atom is -0.354 e. The molecule has 0 aliphatic carbocycles. The summed E-state index contributed by atoms with van der Waals surface area (Å²) in [7, 11) is 0. The van der Waals surface area contributed by atoms with E-state index in [4.69, 9.17) is 0 Å². The topological polar surface area (TPSA) is 29.1 Å². The molecule has 1 amide bonds. The van der Waals surface area contributed by atoms with E-state index >= 15 is 0 Å². The Kier molecular flexibility index (Phi) is 4.59. The zero-order chi connectivity index (χ0) is 8.85. The molecule has 0 rings (SSSR count). The van der Waals surface area contributed by atoms with Gasteiger partial charge >= 0.3 is 0 Å². The average molecular weight is 155 g/mol. The Morgan fingerprint density at radius 1 is 1.45 bits per heavy atom. The highest BCUT2D eigenvalue weighted by atomic mass is 16.1. The first-order valence-electron chi connectivity index (χ1n) is 3.96. The van der Waals surface area contributed by atoms with Crippen LogP contribution in [0.3, 0.4) is 0 Å². The molecule has 0 aliphatic rings. The maximum Gasteiger partial charge on any atom is 0.220 e. The van der Waals surface area contributed by atoms with E-state index in [0.29, 0.717) is 6.42 Å². The molecule has 0 bridgehead atoms. The lowest BCUT2D eigenvalue weighted by atomic mass is 10.2. The summed E-state index contributed by atoms with van der Waals surface area (Å²) in [4.78, 5) is 11.0. The standard InChI is InChI=1S/C9H17NO/c1-7(2)5-6-9(11)10-8(3)4/h8H,1,5-6H2,2-4H3,(H,10,11). The first kappa shape index (κ1) is 10.2. The van der Waals surface area contributed by atoms with Crippen molar-refractivity contribution >= 4 is 5.91 Å². The first-order valence-corrected chi connectivity index (χ1v) is 3.96. The highest BCUT2D eigenvalue weighted by molar-refractivity contribution is 5.76. The molecule has 0 atom stereocenters. The minimum absolute atomic E-state index is 0.114. The average Bonchev–Trinajstić information content (AvgIpc) is 1.82. The second kappa shape index (κ2) is 4.94. The van der Waals surface area contributed by atoms with E-state index in [2.05, 4.69) is 11.9 Å². The molecule has 0 spiro atoms. The molecule has 0 unspecified atom stereocenters. The van der Waals surface area contributed by atoms with Crippen molar-refractivity contribution in [1.29, 1.82) is 0 Å². The number of amides is 1. The monoisotopic (exact) mass is 155 g/mol. The molecule has 0 radical (unpaired) electrons. The summed E-state index contributed by atoms with van der Waals surface area (Å²) in [5.41, 5.74) is 1.06. The Bertz CT molecular complexity index is 150. The summed E-state index contributed by atoms with van der Waals surface area (Å²) in [5.74, 6) is 0.114. The molecule has 0 aromatic rings. The van der Waals surface area contributed by atoms with E-state index in [1.165, 1.54) is 0 Å². The van der Waals surface area contributed by atoms with Gasteiger partial charge in [0.2, 0.25) is 5.91 Å². The quantitative estimate of drug-likeness (QED) is 0.617. The fourth-order valence-corrected chi connectivity index (χ4v) is 0.721. The molecule has 0 heterocycles. The normalized spacial score (nSPS) is 9.82. The molecule has 0 fully saturated rings. The summed E-state index contributed by atoms with van der Waals surface area (Å²) in [5, 5.41) is 2.82. The molecule has 0 aromatic heterocycles. The van der Waals surface area contributed by atoms with Gasteiger partial charge in [0, 0.05) is 12.5 Å². The number of rotatable bonds is 4. The van der Waals surface area contributed by atoms with Crippen LogP contribution in [0, 0.1) is 0 Å². The third kappa shape index (κ3) is 7.10. The van der Waals surface area contributed by atoms with Gasteiger partial charge in [0.05, 0.1) is 0 Å². The number of hydrogen-bond donors (Lipinski definition) is 1. The molecule has 11 heavy (non-hydrogen) atoms. The van der Waals surface area contributed by atoms with Crippen LogP contribution >= 0.6 is 0 Å². The SMILES string of the molecule is C=C(C)CCC(=O)NC(C)C. The van der Waals surface area contributed by atoms with Crippen molar-refractivity contribution in [2.75, 3.05) is 0 Å². The van der Waals surface area contributed by atoms with Crippen LogP contribution in [0.4, 0.5) is 0 Å². The number of nitrogens with one attached hydrogen (secondary N) is 1. The zero-order valence-corrected chi connectivity index (χ0v) is 7.61. The summed E-state index contributed by atoms with van der Waals surface area (Å²) in [6.45, 7) is 9.57. The predicted octanol–water partition coefficient (Wildman–Crippen LogP) is 1.87. The number of carbonyl (C=O) groups excluding carboxylic acids is 1. The number of carbonyl (C=O) groups is 1. The Labute approximate surface area is 68.7 Å². The Morgan fingerprint density at radius 2 is 2.00 bits per heavy atom. The van der Waals surface area contributed by atoms with Gasteiger partial charge in [-0.2, -0.15) is 0 Å². The van der Waals surface area contributed by atoms with E-state index in [1.807, 2.05) is 20.8 Å². The second-order valence-electron chi connectivity index (χ2n) is 3.18. The third-order valence-corrected chi connectivity index (χ3v) is 1.23. The van der Waals surface area contributed by atoms with Gasteiger partial charge in [-0.15, -0.1) is 6.58 Å². The fraction of sp³-hybridized carbons (Fsp3) is 0.667. The van der Waals surface area contributed by atoms with Crippen LogP contribution in [-0.2, 0) is 4.79 Å². The third-order valence-electron chi connectivity index (χ3n) is 1.23. The van der Waals surface area contributed by atoms with Crippen LogP contribution in [0.15, 0.2) is 12.2 Å². The molecule has 0 saturated heterocycles. The van der Waals surface area contributed by atoms with Crippen molar-refractivity contribution in [2.24, 2.45) is 0 Å². The predicted molar refractivity (Wildman–Crippen MR) is 47.3 cm³/mol. The first-order chi connectivity index (χ1) is 5.02. The van der Waals surface area contributed by atoms with Gasteiger partial charge in [-0.3, -0.25) is 4.79 Å². The maximum absolute atomic E-state index is 11.0. The van der Waals surface area contributed by atoms with Gasteiger partial charge in [0.25, 0.3) is 0 Å². The van der Waals surface area contributed by atoms with E-state index in [0.717, 1.165) is 12.0 Å². The van der Waals surface area contributed by atoms with Crippen LogP contribution in [0.2, 0.25) is 0 Å². The molecule has 64 valence electrons. The zero-order valence-electron chi connectivity index (χ0n) is 7.61. The number of allylic oxidation sites excluding steroid dienone is 1. The summed E-state index contributed by atoms with van der Waals surface area (Å²) in [6.07, 6.45) is 1.35. The van der Waals surface area contributed by atoms with Crippen molar-refractivity contribution in [3.63, 3.8) is 0 Å². The van der Waals surface area contributed by atoms with Crippen LogP contribution in [-0.4, -0.2) is 11.9 Å². The second-order valence-corrected chi connectivity index (χ2v) is 3.18. The highest BCUT2D eigenvalue weighted by Gasteiger charge is 2.01. The molecule has 2 heteroatoms. The maximum atomic E-state index is 11.0. The highest BCUT2D eigenvalue weighted by Crippen LogP contribution is 1.99. The van der Waals surface area contributed by atoms with Gasteiger partial charge in [-0.05, 0) is 27.2 Å². The molecular formula is C9H17NO. The van der Waals surface area contributed by atoms with Crippen molar-refractivity contribution in [3.8, 4) is 0 Å². The van der Waals surface area contributed by atoms with E-state index in [9.17, 15) is 4.79 Å². The van der Waals surface area contributed by atoms with Gasteiger partial charge in [0.15, 0.2) is 0 Å². The van der Waals surface area contributed by atoms with E-state index < -0.39 is 0 Å². The van der Waals surface area contributed by atoms with Gasteiger partial charge in [0.1, 0.15) is 0 Å². The molecule has 0 aliphatic heterocycles. The van der Waals surface area contributed by atoms with Crippen LogP contribution in [0.5, 0.6) is 0 Å². The fourth-order valence-electron chi connectivity index (χ4n) is 0.721. The van der Waals surface area contributed by atoms with Crippen LogP contribution in [0.1, 0.15) is 33.6 Å². The van der Waals surface area contributed by atoms with Gasteiger partial charge in [-0.25, -0.2) is 0 Å². The molecule has 0 aromatic carbocycles. The smallest absolute Gasteiger partial charge is 0.220 e. The van der Waals surface area contributed by atoms with Crippen LogP contribution in [0.25, 0.3) is 0 Å². The Hall–Kier alpha value is -0.790. The number of hydrogen-bond acceptors (Lipinski definition) is 1. The summed E-state index contributed by atoms with van der Waals surface area (Å²) >= 11 is 0. The lowest BCUT2D eigenvalue weighted by Gasteiger charge is -2.07. The lowest BCUT2D eigenvalue weighted by Crippen LogP contribution is -2.29. The molecular weight excluding hydrogens is 138 g/mol. The van der Waals surface area contributed by atoms with E-state index in [1.54, 1.807) is 0 Å².